The van der Waals surface area contributed by atoms with Crippen molar-refractivity contribution in [2.24, 2.45) is 0 Å². The van der Waals surface area contributed by atoms with Crippen molar-refractivity contribution < 1.29 is 4.74 Å². The number of nitrogens with zero attached hydrogens (tertiary/aromatic N) is 1. The first kappa shape index (κ1) is 16.2. The molecule has 21 heavy (non-hydrogen) atoms. The monoisotopic (exact) mass is 308 g/mol. The highest BCUT2D eigenvalue weighted by molar-refractivity contribution is 6.30. The van der Waals surface area contributed by atoms with E-state index in [1.807, 2.05) is 18.2 Å². The molecule has 0 aliphatic carbocycles. The van der Waals surface area contributed by atoms with Crippen molar-refractivity contribution in [2.75, 3.05) is 32.1 Å². The third kappa shape index (κ3) is 4.94. The Labute approximate surface area is 132 Å². The summed E-state index contributed by atoms with van der Waals surface area (Å²) in [7, 11) is 1.69. The number of piperidine rings is 1. The minimum absolute atomic E-state index is 0.486. The van der Waals surface area contributed by atoms with Gasteiger partial charge in [-0.3, -0.25) is 4.90 Å². The zero-order valence-electron chi connectivity index (χ0n) is 13.2. The molecule has 0 spiro atoms. The molecular formula is C17H25ClN2O. The summed E-state index contributed by atoms with van der Waals surface area (Å²) in [6.07, 6.45) is 4.59. The molecular weight excluding hydrogens is 284 g/mol. The van der Waals surface area contributed by atoms with Crippen molar-refractivity contribution in [2.45, 2.75) is 32.7 Å². The Balaban J connectivity index is 1.89. The SMILES string of the molecule is COc1ccc(Cl)cc1NC1CCN(CC=C(C)C)CC1. The van der Waals surface area contributed by atoms with E-state index in [0.717, 1.165) is 48.9 Å². The van der Waals surface area contributed by atoms with E-state index in [9.17, 15) is 0 Å². The summed E-state index contributed by atoms with van der Waals surface area (Å²) in [6.45, 7) is 7.63. The van der Waals surface area contributed by atoms with Gasteiger partial charge in [-0.1, -0.05) is 23.3 Å². The van der Waals surface area contributed by atoms with E-state index in [-0.39, 0.29) is 0 Å². The third-order valence-electron chi connectivity index (χ3n) is 3.87. The van der Waals surface area contributed by atoms with Crippen molar-refractivity contribution in [1.29, 1.82) is 0 Å². The summed E-state index contributed by atoms with van der Waals surface area (Å²) in [4.78, 5) is 2.50. The first-order chi connectivity index (χ1) is 10.1. The van der Waals surface area contributed by atoms with Crippen LogP contribution < -0.4 is 10.1 Å². The molecule has 0 atom stereocenters. The lowest BCUT2D eigenvalue weighted by Crippen LogP contribution is -2.39. The molecule has 4 heteroatoms. The van der Waals surface area contributed by atoms with Crippen LogP contribution in [0.15, 0.2) is 29.8 Å². The minimum atomic E-state index is 0.486. The number of hydrogen-bond acceptors (Lipinski definition) is 3. The van der Waals surface area contributed by atoms with Gasteiger partial charge in [0, 0.05) is 30.7 Å². The normalized spacial score (nSPS) is 16.6. The predicted octanol–water partition coefficient (Wildman–Crippen LogP) is 4.19. The highest BCUT2D eigenvalue weighted by atomic mass is 35.5. The van der Waals surface area contributed by atoms with Gasteiger partial charge in [0.2, 0.25) is 0 Å². The molecule has 0 saturated carbocycles. The van der Waals surface area contributed by atoms with Crippen LogP contribution in [0.2, 0.25) is 5.02 Å². The Bertz CT molecular complexity index is 490. The molecule has 0 bridgehead atoms. The van der Waals surface area contributed by atoms with E-state index in [2.05, 4.69) is 30.1 Å². The topological polar surface area (TPSA) is 24.5 Å². The Morgan fingerprint density at radius 1 is 1.38 bits per heavy atom. The molecule has 1 aromatic carbocycles. The zero-order chi connectivity index (χ0) is 15.2. The van der Waals surface area contributed by atoms with Gasteiger partial charge in [-0.15, -0.1) is 0 Å². The molecule has 3 nitrogen and oxygen atoms in total. The van der Waals surface area contributed by atoms with Crippen molar-refractivity contribution in [3.8, 4) is 5.75 Å². The second kappa shape index (κ2) is 7.71. The van der Waals surface area contributed by atoms with E-state index in [1.165, 1.54) is 5.57 Å². The summed E-state index contributed by atoms with van der Waals surface area (Å²) >= 11 is 6.08. The van der Waals surface area contributed by atoms with Crippen LogP contribution in [0.4, 0.5) is 5.69 Å². The summed E-state index contributed by atoms with van der Waals surface area (Å²) < 4.78 is 5.39. The summed E-state index contributed by atoms with van der Waals surface area (Å²) in [5, 5.41) is 4.31. The molecule has 1 N–H and O–H groups in total. The maximum Gasteiger partial charge on any atom is 0.142 e. The number of anilines is 1. The van der Waals surface area contributed by atoms with E-state index >= 15 is 0 Å². The van der Waals surface area contributed by atoms with Crippen LogP contribution in [0.1, 0.15) is 26.7 Å². The molecule has 1 saturated heterocycles. The number of halogens is 1. The minimum Gasteiger partial charge on any atom is -0.495 e. The second-order valence-electron chi connectivity index (χ2n) is 5.85. The van der Waals surface area contributed by atoms with Crippen LogP contribution in [-0.4, -0.2) is 37.7 Å². The number of allylic oxidation sites excluding steroid dienone is 1. The molecule has 1 aliphatic heterocycles. The highest BCUT2D eigenvalue weighted by Crippen LogP contribution is 2.29. The summed E-state index contributed by atoms with van der Waals surface area (Å²) in [5.74, 6) is 0.853. The summed E-state index contributed by atoms with van der Waals surface area (Å²) in [6, 6.07) is 6.19. The van der Waals surface area contributed by atoms with Crippen molar-refractivity contribution in [3.63, 3.8) is 0 Å². The molecule has 0 amide bonds. The average molecular weight is 309 g/mol. The van der Waals surface area contributed by atoms with E-state index < -0.39 is 0 Å². The molecule has 0 unspecified atom stereocenters. The number of methoxy groups -OCH3 is 1. The lowest BCUT2D eigenvalue weighted by atomic mass is 10.0. The van der Waals surface area contributed by atoms with Crippen LogP contribution in [0.25, 0.3) is 0 Å². The fourth-order valence-corrected chi connectivity index (χ4v) is 2.76. The van der Waals surface area contributed by atoms with Crippen LogP contribution in [0.3, 0.4) is 0 Å². The van der Waals surface area contributed by atoms with Crippen molar-refractivity contribution >= 4 is 17.3 Å². The van der Waals surface area contributed by atoms with Crippen LogP contribution >= 0.6 is 11.6 Å². The van der Waals surface area contributed by atoms with Gasteiger partial charge in [-0.2, -0.15) is 0 Å². The molecule has 1 heterocycles. The van der Waals surface area contributed by atoms with Crippen molar-refractivity contribution in [3.05, 3.63) is 34.9 Å². The van der Waals surface area contributed by atoms with Gasteiger partial charge in [0.25, 0.3) is 0 Å². The zero-order valence-corrected chi connectivity index (χ0v) is 13.9. The molecule has 1 fully saturated rings. The number of hydrogen-bond donors (Lipinski definition) is 1. The Hall–Kier alpha value is -1.19. The van der Waals surface area contributed by atoms with Gasteiger partial charge >= 0.3 is 0 Å². The van der Waals surface area contributed by atoms with Gasteiger partial charge in [0.1, 0.15) is 5.75 Å². The van der Waals surface area contributed by atoms with Gasteiger partial charge in [-0.05, 0) is 44.9 Å². The molecule has 116 valence electrons. The van der Waals surface area contributed by atoms with E-state index in [1.54, 1.807) is 7.11 Å². The number of benzene rings is 1. The number of likely N-dealkylation sites (tertiary alicyclic amines) is 1. The second-order valence-corrected chi connectivity index (χ2v) is 6.28. The number of rotatable bonds is 5. The van der Waals surface area contributed by atoms with Crippen molar-refractivity contribution in [1.82, 2.24) is 4.90 Å². The number of ether oxygens (including phenoxy) is 1. The molecule has 2 rings (SSSR count). The van der Waals surface area contributed by atoms with E-state index in [4.69, 9.17) is 16.3 Å². The lowest BCUT2D eigenvalue weighted by molar-refractivity contribution is 0.239. The first-order valence-corrected chi connectivity index (χ1v) is 7.92. The fraction of sp³-hybridized carbons (Fsp3) is 0.529. The van der Waals surface area contributed by atoms with Crippen LogP contribution in [-0.2, 0) is 0 Å². The summed E-state index contributed by atoms with van der Waals surface area (Å²) in [5.41, 5.74) is 2.38. The van der Waals surface area contributed by atoms with Gasteiger partial charge in [0.15, 0.2) is 0 Å². The van der Waals surface area contributed by atoms with Crippen LogP contribution in [0, 0.1) is 0 Å². The first-order valence-electron chi connectivity index (χ1n) is 7.54. The largest absolute Gasteiger partial charge is 0.495 e. The predicted molar refractivity (Wildman–Crippen MR) is 90.5 cm³/mol. The van der Waals surface area contributed by atoms with E-state index in [0.29, 0.717) is 6.04 Å². The standard InChI is InChI=1S/C17H25ClN2O/c1-13(2)6-9-20-10-7-15(8-11-20)19-16-12-14(18)4-5-17(16)21-3/h4-6,12,15,19H,7-11H2,1-3H3. The smallest absolute Gasteiger partial charge is 0.142 e. The van der Waals surface area contributed by atoms with Crippen LogP contribution in [0.5, 0.6) is 5.75 Å². The average Bonchev–Trinajstić information content (AvgIpc) is 2.47. The molecule has 0 radical (unpaired) electrons. The van der Waals surface area contributed by atoms with Gasteiger partial charge in [0.05, 0.1) is 12.8 Å². The Morgan fingerprint density at radius 3 is 2.71 bits per heavy atom. The highest BCUT2D eigenvalue weighted by Gasteiger charge is 2.19. The maximum atomic E-state index is 6.08. The van der Waals surface area contributed by atoms with Gasteiger partial charge in [-0.25, -0.2) is 0 Å². The van der Waals surface area contributed by atoms with Gasteiger partial charge < -0.3 is 10.1 Å². The number of nitrogens with one attached hydrogen (secondary N) is 1. The molecule has 0 aromatic heterocycles. The lowest BCUT2D eigenvalue weighted by Gasteiger charge is -2.32. The fourth-order valence-electron chi connectivity index (χ4n) is 2.58. The molecule has 1 aliphatic rings. The Morgan fingerprint density at radius 2 is 2.10 bits per heavy atom. The maximum absolute atomic E-state index is 6.08. The molecule has 1 aromatic rings. The quantitative estimate of drug-likeness (QED) is 0.825. The Kier molecular flexibility index (Phi) is 5.95. The third-order valence-corrected chi connectivity index (χ3v) is 4.10.